The van der Waals surface area contributed by atoms with Gasteiger partial charge in [0.2, 0.25) is 5.91 Å². The molecular formula is C14H13N3O5S. The first-order chi connectivity index (χ1) is 11.0. The number of amides is 1. The van der Waals surface area contributed by atoms with Crippen LogP contribution in [0.15, 0.2) is 34.5 Å². The number of methoxy groups -OCH3 is 1. The lowest BCUT2D eigenvalue weighted by molar-refractivity contribution is -0.138. The van der Waals surface area contributed by atoms with Gasteiger partial charge in [-0.3, -0.25) is 9.59 Å². The van der Waals surface area contributed by atoms with Crippen LogP contribution in [0.4, 0.5) is 0 Å². The molecule has 1 aromatic rings. The summed E-state index contributed by atoms with van der Waals surface area (Å²) in [5.74, 6) is -1.87. The number of hydrogen-bond acceptors (Lipinski definition) is 7. The monoisotopic (exact) mass is 335 g/mol. The third-order valence-corrected chi connectivity index (χ3v) is 3.90. The third-order valence-electron chi connectivity index (χ3n) is 2.82. The lowest BCUT2D eigenvalue weighted by atomic mass is 10.1. The Kier molecular flexibility index (Phi) is 5.47. The maximum Gasteiger partial charge on any atom is 0.337 e. The van der Waals surface area contributed by atoms with Crippen LogP contribution in [0.25, 0.3) is 0 Å². The van der Waals surface area contributed by atoms with Crippen molar-refractivity contribution < 1.29 is 24.2 Å². The first-order valence-electron chi connectivity index (χ1n) is 6.48. The van der Waals surface area contributed by atoms with Gasteiger partial charge >= 0.3 is 11.9 Å². The molecule has 8 nitrogen and oxygen atoms in total. The van der Waals surface area contributed by atoms with Gasteiger partial charge in [0.1, 0.15) is 5.25 Å². The summed E-state index contributed by atoms with van der Waals surface area (Å²) >= 11 is 1.03. The number of nitrogens with zero attached hydrogens (tertiary/aromatic N) is 2. The van der Waals surface area contributed by atoms with Crippen molar-refractivity contribution in [3.8, 4) is 0 Å². The quantitative estimate of drug-likeness (QED) is 0.468. The van der Waals surface area contributed by atoms with Crippen molar-refractivity contribution in [3.63, 3.8) is 0 Å². The summed E-state index contributed by atoms with van der Waals surface area (Å²) in [5.41, 5.74) is 1.13. The van der Waals surface area contributed by atoms with E-state index in [0.717, 1.165) is 11.8 Å². The molecule has 1 aliphatic heterocycles. The molecule has 120 valence electrons. The Morgan fingerprint density at radius 1 is 1.39 bits per heavy atom. The molecule has 0 radical (unpaired) electrons. The topological polar surface area (TPSA) is 117 Å². The summed E-state index contributed by atoms with van der Waals surface area (Å²) in [5, 5.41) is 18.4. The second kappa shape index (κ2) is 7.54. The molecule has 0 spiro atoms. The van der Waals surface area contributed by atoms with E-state index in [1.807, 2.05) is 0 Å². The van der Waals surface area contributed by atoms with Gasteiger partial charge in [-0.2, -0.15) is 5.10 Å². The van der Waals surface area contributed by atoms with Crippen LogP contribution in [0.5, 0.6) is 0 Å². The largest absolute Gasteiger partial charge is 0.481 e. The number of carbonyl (C=O) groups excluding carboxylic acids is 2. The van der Waals surface area contributed by atoms with Gasteiger partial charge < -0.3 is 15.2 Å². The molecule has 0 aliphatic carbocycles. The number of aliphatic carboxylic acids is 1. The zero-order valence-electron chi connectivity index (χ0n) is 12.1. The molecule has 1 aliphatic rings. The van der Waals surface area contributed by atoms with Gasteiger partial charge in [0.15, 0.2) is 5.17 Å². The van der Waals surface area contributed by atoms with Crippen molar-refractivity contribution in [1.82, 2.24) is 5.32 Å². The average molecular weight is 335 g/mol. The van der Waals surface area contributed by atoms with Crippen LogP contribution < -0.4 is 5.32 Å². The highest BCUT2D eigenvalue weighted by molar-refractivity contribution is 8.15. The van der Waals surface area contributed by atoms with Crippen LogP contribution in [0.1, 0.15) is 22.3 Å². The van der Waals surface area contributed by atoms with E-state index in [9.17, 15) is 14.4 Å². The Morgan fingerprint density at radius 3 is 2.70 bits per heavy atom. The number of rotatable bonds is 5. The smallest absolute Gasteiger partial charge is 0.337 e. The van der Waals surface area contributed by atoms with Gasteiger partial charge in [-0.1, -0.05) is 23.9 Å². The first-order valence-corrected chi connectivity index (χ1v) is 7.36. The molecule has 1 fully saturated rings. The third kappa shape index (κ3) is 4.65. The van der Waals surface area contributed by atoms with Gasteiger partial charge in [0.05, 0.1) is 25.3 Å². The Morgan fingerprint density at radius 2 is 2.09 bits per heavy atom. The summed E-state index contributed by atoms with van der Waals surface area (Å²) in [6, 6.07) is 6.53. The predicted octanol–water partition coefficient (Wildman–Crippen LogP) is 0.869. The first kappa shape index (κ1) is 16.7. The molecule has 1 heterocycles. The summed E-state index contributed by atoms with van der Waals surface area (Å²) in [4.78, 5) is 33.4. The molecule has 0 bridgehead atoms. The van der Waals surface area contributed by atoms with Crippen molar-refractivity contribution in [3.05, 3.63) is 35.4 Å². The standard InChI is InChI=1S/C14H13N3O5S/c1-22-13(21)9-4-2-8(3-5-9)7-15-17-14-16-12(20)10(23-14)6-11(18)19/h2-5,7,10H,6H2,1H3,(H,18,19)(H,16,17,20)/b15-7-/t10-/m0/s1. The fourth-order valence-electron chi connectivity index (χ4n) is 1.72. The van der Waals surface area contributed by atoms with Gasteiger partial charge in [0, 0.05) is 0 Å². The number of ether oxygens (including phenoxy) is 1. The van der Waals surface area contributed by atoms with E-state index in [-0.39, 0.29) is 11.6 Å². The molecule has 1 amide bonds. The number of carboxylic acid groups (broad SMARTS) is 1. The van der Waals surface area contributed by atoms with Gasteiger partial charge in [-0.05, 0) is 17.7 Å². The van der Waals surface area contributed by atoms with Crippen molar-refractivity contribution in [2.75, 3.05) is 7.11 Å². The van der Waals surface area contributed by atoms with E-state index in [1.54, 1.807) is 24.3 Å². The molecule has 2 rings (SSSR count). The van der Waals surface area contributed by atoms with E-state index >= 15 is 0 Å². The number of esters is 1. The minimum atomic E-state index is -1.05. The Labute approximate surface area is 135 Å². The zero-order chi connectivity index (χ0) is 16.8. The Hall–Kier alpha value is -2.68. The van der Waals surface area contributed by atoms with Crippen LogP contribution in [0.3, 0.4) is 0 Å². The van der Waals surface area contributed by atoms with Gasteiger partial charge in [-0.15, -0.1) is 5.10 Å². The average Bonchev–Trinajstić information content (AvgIpc) is 2.86. The van der Waals surface area contributed by atoms with Crippen LogP contribution in [0, 0.1) is 0 Å². The maximum atomic E-state index is 11.5. The molecule has 0 unspecified atom stereocenters. The maximum absolute atomic E-state index is 11.5. The van der Waals surface area contributed by atoms with E-state index < -0.39 is 23.1 Å². The molecule has 0 aromatic heterocycles. The fourth-order valence-corrected chi connectivity index (χ4v) is 2.63. The molecule has 1 aromatic carbocycles. The Bertz CT molecular complexity index is 684. The van der Waals surface area contributed by atoms with Crippen molar-refractivity contribution >= 4 is 41.0 Å². The minimum absolute atomic E-state index is 0.253. The highest BCUT2D eigenvalue weighted by Gasteiger charge is 2.32. The summed E-state index contributed by atoms with van der Waals surface area (Å²) in [7, 11) is 1.30. The molecule has 23 heavy (non-hydrogen) atoms. The SMILES string of the molecule is COC(=O)c1ccc(/C=N\N=C2\NC(=O)[C@H](CC(=O)O)S2)cc1. The molecular weight excluding hydrogens is 322 g/mol. The molecule has 2 N–H and O–H groups in total. The zero-order valence-corrected chi connectivity index (χ0v) is 12.9. The summed E-state index contributed by atoms with van der Waals surface area (Å²) < 4.78 is 4.59. The molecule has 1 atom stereocenters. The van der Waals surface area contributed by atoms with Crippen molar-refractivity contribution in [2.24, 2.45) is 10.2 Å². The molecule has 9 heteroatoms. The van der Waals surface area contributed by atoms with Crippen molar-refractivity contribution in [1.29, 1.82) is 0 Å². The highest BCUT2D eigenvalue weighted by atomic mass is 32.2. The second-order valence-corrected chi connectivity index (χ2v) is 5.65. The van der Waals surface area contributed by atoms with Crippen LogP contribution in [0.2, 0.25) is 0 Å². The lowest BCUT2D eigenvalue weighted by Gasteiger charge is -1.98. The predicted molar refractivity (Wildman–Crippen MR) is 84.6 cm³/mol. The fraction of sp³-hybridized carbons (Fsp3) is 0.214. The van der Waals surface area contributed by atoms with Crippen LogP contribution in [-0.2, 0) is 14.3 Å². The van der Waals surface area contributed by atoms with Gasteiger partial charge in [0.25, 0.3) is 0 Å². The van der Waals surface area contributed by atoms with E-state index in [2.05, 4.69) is 20.3 Å². The normalized spacial score (nSPS) is 19.1. The summed E-state index contributed by atoms with van der Waals surface area (Å²) in [6.07, 6.45) is 1.18. The van der Waals surface area contributed by atoms with E-state index in [0.29, 0.717) is 11.1 Å². The number of amidine groups is 1. The molecule has 0 saturated carbocycles. The van der Waals surface area contributed by atoms with Crippen LogP contribution in [-0.4, -0.2) is 46.7 Å². The summed E-state index contributed by atoms with van der Waals surface area (Å²) in [6.45, 7) is 0. The lowest BCUT2D eigenvalue weighted by Crippen LogP contribution is -2.26. The number of thioether (sulfide) groups is 1. The number of hydrogen-bond donors (Lipinski definition) is 2. The van der Waals surface area contributed by atoms with Gasteiger partial charge in [-0.25, -0.2) is 4.79 Å². The van der Waals surface area contributed by atoms with E-state index in [4.69, 9.17) is 5.11 Å². The minimum Gasteiger partial charge on any atom is -0.481 e. The number of carbonyl (C=O) groups is 3. The molecule has 1 saturated heterocycles. The van der Waals surface area contributed by atoms with Crippen molar-refractivity contribution in [2.45, 2.75) is 11.7 Å². The van der Waals surface area contributed by atoms with Crippen LogP contribution >= 0.6 is 11.8 Å². The number of nitrogens with one attached hydrogen (secondary N) is 1. The number of benzene rings is 1. The Balaban J connectivity index is 1.97. The second-order valence-electron chi connectivity index (χ2n) is 4.46. The number of carboxylic acids is 1. The van der Waals surface area contributed by atoms with E-state index in [1.165, 1.54) is 13.3 Å². The highest BCUT2D eigenvalue weighted by Crippen LogP contribution is 2.22.